The van der Waals surface area contributed by atoms with Crippen LogP contribution in [0.4, 0.5) is 0 Å². The molecule has 0 N–H and O–H groups in total. The average Bonchev–Trinajstić information content (AvgIpc) is 3.29. The number of carbonyl (C=O) groups excluding carboxylic acids is 2. The van der Waals surface area contributed by atoms with Gasteiger partial charge in [-0.2, -0.15) is 0 Å². The summed E-state index contributed by atoms with van der Waals surface area (Å²) in [4.78, 5) is 33.0. The molecular formula is C22H29ClN4O4S. The molecule has 2 saturated heterocycles. The molecule has 0 unspecified atom stereocenters. The molecule has 2 fully saturated rings. The van der Waals surface area contributed by atoms with Crippen molar-refractivity contribution in [1.82, 2.24) is 19.6 Å². The van der Waals surface area contributed by atoms with E-state index in [9.17, 15) is 18.0 Å². The number of fused-ring (bicyclic) bond motifs is 1. The van der Waals surface area contributed by atoms with Crippen molar-refractivity contribution in [2.75, 3.05) is 45.0 Å². The summed E-state index contributed by atoms with van der Waals surface area (Å²) in [5.41, 5.74) is 1.65. The van der Waals surface area contributed by atoms with E-state index in [0.717, 1.165) is 30.8 Å². The predicted octanol–water partition coefficient (Wildman–Crippen LogP) is 1.52. The maximum Gasteiger partial charge on any atom is 0.273 e. The molecule has 0 aliphatic carbocycles. The summed E-state index contributed by atoms with van der Waals surface area (Å²) < 4.78 is 24.8. The van der Waals surface area contributed by atoms with Crippen LogP contribution in [0.15, 0.2) is 36.2 Å². The van der Waals surface area contributed by atoms with Crippen molar-refractivity contribution in [3.05, 3.63) is 46.7 Å². The molecule has 0 radical (unpaired) electrons. The van der Waals surface area contributed by atoms with Crippen LogP contribution in [0.2, 0.25) is 5.02 Å². The van der Waals surface area contributed by atoms with Gasteiger partial charge in [0.25, 0.3) is 5.91 Å². The molecule has 3 heterocycles. The van der Waals surface area contributed by atoms with E-state index in [2.05, 4.69) is 4.90 Å². The van der Waals surface area contributed by atoms with Crippen molar-refractivity contribution in [2.24, 2.45) is 0 Å². The number of sulfone groups is 1. The van der Waals surface area contributed by atoms with Gasteiger partial charge in [0.1, 0.15) is 5.70 Å². The zero-order chi connectivity index (χ0) is 22.9. The maximum atomic E-state index is 12.7. The Labute approximate surface area is 194 Å². The molecule has 2 amide bonds. The molecule has 174 valence electrons. The number of halogens is 1. The Balaban J connectivity index is 1.21. The standard InChI is InChI=1S/C22H29ClN4O4S/c1-24-14-20-22(29)27(16-26(20)15-24)19-6-10-25(11-7-19)21(28)9-13-32(30,31)12-8-17-2-4-18(23)5-3-17/h2-5,14,19H,6-13,15-16H2,1H3. The van der Waals surface area contributed by atoms with E-state index in [1.165, 1.54) is 0 Å². The van der Waals surface area contributed by atoms with E-state index < -0.39 is 9.84 Å². The monoisotopic (exact) mass is 480 g/mol. The summed E-state index contributed by atoms with van der Waals surface area (Å²) >= 11 is 5.85. The Morgan fingerprint density at radius 1 is 1.09 bits per heavy atom. The van der Waals surface area contributed by atoms with Gasteiger partial charge in [-0.1, -0.05) is 23.7 Å². The van der Waals surface area contributed by atoms with Crippen molar-refractivity contribution in [2.45, 2.75) is 31.7 Å². The normalized spacial score (nSPS) is 19.6. The zero-order valence-electron chi connectivity index (χ0n) is 18.2. The summed E-state index contributed by atoms with van der Waals surface area (Å²) in [5.74, 6) is -0.189. The summed E-state index contributed by atoms with van der Waals surface area (Å²) in [7, 11) is -1.37. The minimum absolute atomic E-state index is 0.00324. The second-order valence-electron chi connectivity index (χ2n) is 8.76. The predicted molar refractivity (Wildman–Crippen MR) is 122 cm³/mol. The number of hydrogen-bond donors (Lipinski definition) is 0. The zero-order valence-corrected chi connectivity index (χ0v) is 19.8. The number of rotatable bonds is 7. The van der Waals surface area contributed by atoms with Gasteiger partial charge in [0.2, 0.25) is 5.91 Å². The van der Waals surface area contributed by atoms with Crippen molar-refractivity contribution in [3.63, 3.8) is 0 Å². The highest BCUT2D eigenvalue weighted by molar-refractivity contribution is 7.91. The molecule has 10 heteroatoms. The molecule has 8 nitrogen and oxygen atoms in total. The first-order chi connectivity index (χ1) is 15.2. The second-order valence-corrected chi connectivity index (χ2v) is 11.5. The van der Waals surface area contributed by atoms with Crippen LogP contribution in [-0.4, -0.2) is 90.9 Å². The highest BCUT2D eigenvalue weighted by Crippen LogP contribution is 2.29. The van der Waals surface area contributed by atoms with Crippen LogP contribution >= 0.6 is 11.6 Å². The lowest BCUT2D eigenvalue weighted by atomic mass is 10.0. The van der Waals surface area contributed by atoms with Crippen LogP contribution in [0.1, 0.15) is 24.8 Å². The number of benzene rings is 1. The molecule has 1 aromatic carbocycles. The van der Waals surface area contributed by atoms with Gasteiger partial charge in [0, 0.05) is 43.8 Å². The molecule has 4 rings (SSSR count). The maximum absolute atomic E-state index is 12.7. The fraction of sp³-hybridized carbons (Fsp3) is 0.545. The quantitative estimate of drug-likeness (QED) is 0.588. The molecule has 0 saturated carbocycles. The van der Waals surface area contributed by atoms with Crippen molar-refractivity contribution >= 4 is 33.3 Å². The van der Waals surface area contributed by atoms with Crippen LogP contribution in [0.5, 0.6) is 0 Å². The Bertz CT molecular complexity index is 1000. The second kappa shape index (κ2) is 9.31. The van der Waals surface area contributed by atoms with Crippen LogP contribution < -0.4 is 0 Å². The molecule has 0 bridgehead atoms. The first-order valence-electron chi connectivity index (χ1n) is 10.9. The summed E-state index contributed by atoms with van der Waals surface area (Å²) in [5, 5.41) is 0.616. The van der Waals surface area contributed by atoms with Crippen molar-refractivity contribution < 1.29 is 18.0 Å². The highest BCUT2D eigenvalue weighted by Gasteiger charge is 2.41. The van der Waals surface area contributed by atoms with Gasteiger partial charge < -0.3 is 19.6 Å². The third kappa shape index (κ3) is 5.20. The molecule has 1 aromatic rings. The van der Waals surface area contributed by atoms with E-state index in [4.69, 9.17) is 11.6 Å². The third-order valence-corrected chi connectivity index (χ3v) is 8.28. The number of carbonyl (C=O) groups is 2. The van der Waals surface area contributed by atoms with Crippen LogP contribution in [0.3, 0.4) is 0 Å². The number of likely N-dealkylation sites (tertiary alicyclic amines) is 1. The number of piperidine rings is 1. The van der Waals surface area contributed by atoms with E-state index in [1.807, 2.05) is 35.2 Å². The Morgan fingerprint density at radius 2 is 1.78 bits per heavy atom. The Hall–Kier alpha value is -2.26. The third-order valence-electron chi connectivity index (χ3n) is 6.38. The molecule has 0 atom stereocenters. The van der Waals surface area contributed by atoms with Crippen LogP contribution in [0.25, 0.3) is 0 Å². The minimum Gasteiger partial charge on any atom is -0.361 e. The number of amides is 2. The van der Waals surface area contributed by atoms with E-state index in [0.29, 0.717) is 31.2 Å². The van der Waals surface area contributed by atoms with Gasteiger partial charge >= 0.3 is 0 Å². The molecule has 3 aliphatic rings. The fourth-order valence-electron chi connectivity index (χ4n) is 4.52. The van der Waals surface area contributed by atoms with Crippen molar-refractivity contribution in [3.8, 4) is 0 Å². The Morgan fingerprint density at radius 3 is 2.44 bits per heavy atom. The topological polar surface area (TPSA) is 81.2 Å². The fourth-order valence-corrected chi connectivity index (χ4v) is 5.88. The lowest BCUT2D eigenvalue weighted by Gasteiger charge is -2.36. The summed E-state index contributed by atoms with van der Waals surface area (Å²) in [6.07, 6.45) is 3.74. The van der Waals surface area contributed by atoms with Crippen molar-refractivity contribution in [1.29, 1.82) is 0 Å². The SMILES string of the molecule is CN1C=C2C(=O)N(C3CCN(C(=O)CCS(=O)(=O)CCc4ccc(Cl)cc4)CC3)CN2C1. The lowest BCUT2D eigenvalue weighted by molar-refractivity contribution is -0.133. The van der Waals surface area contributed by atoms with E-state index >= 15 is 0 Å². The summed E-state index contributed by atoms with van der Waals surface area (Å²) in [6.45, 7) is 2.43. The number of aryl methyl sites for hydroxylation is 1. The molecule has 0 aromatic heterocycles. The Kier molecular flexibility index (Phi) is 6.67. The van der Waals surface area contributed by atoms with Gasteiger partial charge in [0.05, 0.1) is 24.8 Å². The molecule has 0 spiro atoms. The van der Waals surface area contributed by atoms with Gasteiger partial charge in [-0.05, 0) is 37.0 Å². The van der Waals surface area contributed by atoms with Crippen LogP contribution in [-0.2, 0) is 25.8 Å². The molecular weight excluding hydrogens is 452 g/mol. The summed E-state index contributed by atoms with van der Waals surface area (Å²) in [6, 6.07) is 7.23. The first-order valence-corrected chi connectivity index (χ1v) is 13.1. The van der Waals surface area contributed by atoms with Gasteiger partial charge in [0.15, 0.2) is 9.84 Å². The van der Waals surface area contributed by atoms with E-state index in [-0.39, 0.29) is 35.8 Å². The van der Waals surface area contributed by atoms with E-state index in [1.54, 1.807) is 17.0 Å². The number of hydrogen-bond acceptors (Lipinski definition) is 6. The smallest absolute Gasteiger partial charge is 0.273 e. The van der Waals surface area contributed by atoms with Gasteiger partial charge in [-0.25, -0.2) is 8.42 Å². The average molecular weight is 481 g/mol. The molecule has 3 aliphatic heterocycles. The van der Waals surface area contributed by atoms with Gasteiger partial charge in [-0.3, -0.25) is 9.59 Å². The lowest BCUT2D eigenvalue weighted by Crippen LogP contribution is -2.48. The number of nitrogens with zero attached hydrogens (tertiary/aromatic N) is 4. The largest absolute Gasteiger partial charge is 0.361 e. The molecule has 32 heavy (non-hydrogen) atoms. The highest BCUT2D eigenvalue weighted by atomic mass is 35.5. The van der Waals surface area contributed by atoms with Gasteiger partial charge in [-0.15, -0.1) is 0 Å². The first kappa shape index (κ1) is 22.9. The van der Waals surface area contributed by atoms with Crippen LogP contribution in [0, 0.1) is 0 Å². The minimum atomic E-state index is -3.32.